The summed E-state index contributed by atoms with van der Waals surface area (Å²) in [5.74, 6) is 0. The summed E-state index contributed by atoms with van der Waals surface area (Å²) in [4.78, 5) is 0. The molecule has 4 heteroatoms. The van der Waals surface area contributed by atoms with Gasteiger partial charge in [-0.05, 0) is 106 Å². The fraction of sp³-hybridized carbons (Fsp3) is 0.158. The predicted molar refractivity (Wildman–Crippen MR) is 177 cm³/mol. The van der Waals surface area contributed by atoms with Crippen molar-refractivity contribution in [2.45, 2.75) is 38.9 Å². The molecule has 42 heavy (non-hydrogen) atoms. The minimum absolute atomic E-state index is 0.355. The van der Waals surface area contributed by atoms with Crippen molar-refractivity contribution in [1.82, 2.24) is 4.57 Å². The van der Waals surface area contributed by atoms with Crippen molar-refractivity contribution in [3.05, 3.63) is 122 Å². The van der Waals surface area contributed by atoms with Crippen LogP contribution < -0.4 is 5.46 Å². The fourth-order valence-electron chi connectivity index (χ4n) is 6.35. The van der Waals surface area contributed by atoms with E-state index in [4.69, 9.17) is 9.31 Å². The molecule has 0 amide bonds. The Labute approximate surface area is 246 Å². The first-order valence-corrected chi connectivity index (χ1v) is 14.7. The summed E-state index contributed by atoms with van der Waals surface area (Å²) >= 11 is 0. The van der Waals surface area contributed by atoms with Gasteiger partial charge in [0.05, 0.1) is 11.2 Å². The van der Waals surface area contributed by atoms with Gasteiger partial charge in [-0.2, -0.15) is 0 Å². The summed E-state index contributed by atoms with van der Waals surface area (Å²) in [7, 11) is -0.362. The molecule has 0 radical (unpaired) electrons. The quantitative estimate of drug-likeness (QED) is 0.163. The summed E-state index contributed by atoms with van der Waals surface area (Å²) < 4.78 is 14.8. The van der Waals surface area contributed by atoms with Crippen LogP contribution in [0.4, 0.5) is 0 Å². The number of rotatable bonds is 3. The van der Waals surface area contributed by atoms with Gasteiger partial charge < -0.3 is 13.9 Å². The molecule has 0 aliphatic carbocycles. The van der Waals surface area contributed by atoms with Crippen molar-refractivity contribution in [2.24, 2.45) is 0 Å². The third kappa shape index (κ3) is 3.90. The predicted octanol–water partition coefficient (Wildman–Crippen LogP) is 9.06. The number of fused-ring (bicyclic) bond motifs is 7. The van der Waals surface area contributed by atoms with Gasteiger partial charge in [-0.15, -0.1) is 0 Å². The lowest BCUT2D eigenvalue weighted by Crippen LogP contribution is -2.41. The van der Waals surface area contributed by atoms with E-state index in [9.17, 15) is 0 Å². The van der Waals surface area contributed by atoms with Crippen molar-refractivity contribution in [3.8, 4) is 16.8 Å². The molecule has 8 rings (SSSR count). The van der Waals surface area contributed by atoms with Gasteiger partial charge in [0, 0.05) is 18.1 Å². The highest BCUT2D eigenvalue weighted by molar-refractivity contribution is 6.62. The van der Waals surface area contributed by atoms with E-state index in [2.05, 4.69) is 154 Å². The third-order valence-corrected chi connectivity index (χ3v) is 9.44. The summed E-state index contributed by atoms with van der Waals surface area (Å²) in [6.07, 6.45) is 4.37. The topological polar surface area (TPSA) is 23.4 Å². The van der Waals surface area contributed by atoms with E-state index in [0.29, 0.717) is 0 Å². The minimum atomic E-state index is -0.362. The molecule has 0 bridgehead atoms. The second-order valence-electron chi connectivity index (χ2n) is 12.5. The van der Waals surface area contributed by atoms with Gasteiger partial charge in [0.2, 0.25) is 0 Å². The van der Waals surface area contributed by atoms with Crippen molar-refractivity contribution in [1.29, 1.82) is 0 Å². The first-order valence-electron chi connectivity index (χ1n) is 14.7. The maximum absolute atomic E-state index is 6.29. The Bertz CT molecular complexity index is 2110. The number of hydrogen-bond acceptors (Lipinski definition) is 2. The normalized spacial score (nSPS) is 16.2. The van der Waals surface area contributed by atoms with Crippen LogP contribution in [0.25, 0.3) is 59.9 Å². The molecule has 6 aromatic carbocycles. The lowest BCUT2D eigenvalue weighted by molar-refractivity contribution is 0.00578. The lowest BCUT2D eigenvalue weighted by Gasteiger charge is -2.32. The lowest BCUT2D eigenvalue weighted by atomic mass is 9.78. The summed E-state index contributed by atoms with van der Waals surface area (Å²) in [5.41, 5.74) is 3.89. The molecule has 7 aromatic rings. The van der Waals surface area contributed by atoms with E-state index < -0.39 is 0 Å². The molecule has 1 aliphatic heterocycles. The average molecular weight is 545 g/mol. The molecule has 0 atom stereocenters. The number of aromatic nitrogens is 1. The second kappa shape index (κ2) is 9.06. The molecular weight excluding hydrogens is 513 g/mol. The van der Waals surface area contributed by atoms with Crippen molar-refractivity contribution >= 4 is 55.7 Å². The van der Waals surface area contributed by atoms with Crippen molar-refractivity contribution in [3.63, 3.8) is 0 Å². The molecule has 204 valence electrons. The van der Waals surface area contributed by atoms with Crippen molar-refractivity contribution < 1.29 is 9.31 Å². The van der Waals surface area contributed by atoms with Crippen LogP contribution in [0.3, 0.4) is 0 Å². The minimum Gasteiger partial charge on any atom is -0.399 e. The molecule has 0 unspecified atom stereocenters. The first kappa shape index (κ1) is 25.3. The van der Waals surface area contributed by atoms with Crippen LogP contribution in [0.2, 0.25) is 0 Å². The highest BCUT2D eigenvalue weighted by atomic mass is 16.7. The van der Waals surface area contributed by atoms with Crippen LogP contribution in [0.15, 0.2) is 122 Å². The smallest absolute Gasteiger partial charge is 0.399 e. The van der Waals surface area contributed by atoms with Gasteiger partial charge >= 0.3 is 7.12 Å². The standard InChI is InChI=1S/C38H32BNO2/c1-37(2)38(3,4)42-39(41-37)29-17-13-27-23-40(24-28(27)21-29)30-18-14-25(15-19-30)26-16-20-35-33-11-6-5-9-31(33)32-10-7-8-12-34(32)36(35)22-26/h5-24H,1-4H3. The first-order chi connectivity index (χ1) is 20.3. The zero-order valence-corrected chi connectivity index (χ0v) is 24.4. The second-order valence-corrected chi connectivity index (χ2v) is 12.5. The van der Waals surface area contributed by atoms with Crippen molar-refractivity contribution in [2.75, 3.05) is 0 Å². The van der Waals surface area contributed by atoms with E-state index in [0.717, 1.165) is 11.2 Å². The Balaban J connectivity index is 1.13. The van der Waals surface area contributed by atoms with Gasteiger partial charge in [-0.25, -0.2) is 0 Å². The van der Waals surface area contributed by atoms with E-state index in [1.807, 2.05) is 0 Å². The SMILES string of the molecule is CC1(C)OB(c2ccc3cn(-c4ccc(-c5ccc6c7ccccc7c7ccccc7c6c5)cc4)cc3c2)OC1(C)C. The Morgan fingerprint density at radius 2 is 1.02 bits per heavy atom. The maximum atomic E-state index is 6.29. The van der Waals surface area contributed by atoms with Gasteiger partial charge in [0.25, 0.3) is 0 Å². The molecule has 0 saturated carbocycles. The molecule has 0 spiro atoms. The molecule has 2 heterocycles. The maximum Gasteiger partial charge on any atom is 0.494 e. The summed E-state index contributed by atoms with van der Waals surface area (Å²) in [5, 5.41) is 10.1. The fourth-order valence-corrected chi connectivity index (χ4v) is 6.35. The highest BCUT2D eigenvalue weighted by Crippen LogP contribution is 2.38. The number of benzene rings is 6. The van der Waals surface area contributed by atoms with Gasteiger partial charge in [0.1, 0.15) is 0 Å². The van der Waals surface area contributed by atoms with Gasteiger partial charge in [-0.1, -0.05) is 91.0 Å². The molecule has 1 aliphatic rings. The summed E-state index contributed by atoms with van der Waals surface area (Å²) in [6.45, 7) is 8.36. The van der Waals surface area contributed by atoms with Gasteiger partial charge in [-0.3, -0.25) is 0 Å². The third-order valence-electron chi connectivity index (χ3n) is 9.44. The monoisotopic (exact) mass is 545 g/mol. The Kier molecular flexibility index (Phi) is 5.47. The zero-order chi connectivity index (χ0) is 28.6. The highest BCUT2D eigenvalue weighted by Gasteiger charge is 2.51. The zero-order valence-electron chi connectivity index (χ0n) is 24.4. The van der Waals surface area contributed by atoms with Gasteiger partial charge in [0.15, 0.2) is 0 Å². The van der Waals surface area contributed by atoms with E-state index >= 15 is 0 Å². The Morgan fingerprint density at radius 3 is 1.64 bits per heavy atom. The Morgan fingerprint density at radius 1 is 0.500 bits per heavy atom. The Hall–Kier alpha value is -4.38. The summed E-state index contributed by atoms with van der Waals surface area (Å²) in [6, 6.07) is 39.6. The van der Waals surface area contributed by atoms with E-state index in [1.165, 1.54) is 54.2 Å². The van der Waals surface area contributed by atoms with Crippen LogP contribution >= 0.6 is 0 Å². The molecule has 1 aromatic heterocycles. The molecular formula is C38H32BNO2. The number of hydrogen-bond donors (Lipinski definition) is 0. The van der Waals surface area contributed by atoms with Crippen LogP contribution in [0.5, 0.6) is 0 Å². The largest absolute Gasteiger partial charge is 0.494 e. The van der Waals surface area contributed by atoms with E-state index in [1.54, 1.807) is 0 Å². The molecule has 0 N–H and O–H groups in total. The molecule has 3 nitrogen and oxygen atoms in total. The molecule has 1 saturated heterocycles. The van der Waals surface area contributed by atoms with Crippen LogP contribution in [0.1, 0.15) is 27.7 Å². The van der Waals surface area contributed by atoms with Crippen LogP contribution in [-0.2, 0) is 9.31 Å². The van der Waals surface area contributed by atoms with E-state index in [-0.39, 0.29) is 18.3 Å². The van der Waals surface area contributed by atoms with Crippen LogP contribution in [-0.4, -0.2) is 22.9 Å². The number of nitrogens with zero attached hydrogens (tertiary/aromatic N) is 1. The van der Waals surface area contributed by atoms with Crippen LogP contribution in [0, 0.1) is 0 Å². The molecule has 1 fully saturated rings. The average Bonchev–Trinajstić information content (AvgIpc) is 3.53.